The van der Waals surface area contributed by atoms with E-state index in [0.717, 1.165) is 24.1 Å². The number of carbonyl (C=O) groups excluding carboxylic acids is 1. The van der Waals surface area contributed by atoms with Crippen molar-refractivity contribution in [1.29, 1.82) is 0 Å². The summed E-state index contributed by atoms with van der Waals surface area (Å²) >= 11 is 0. The summed E-state index contributed by atoms with van der Waals surface area (Å²) in [6.07, 6.45) is 8.15. The molecule has 2 aromatic rings. The zero-order valence-electron chi connectivity index (χ0n) is 18.0. The number of rotatable bonds is 9. The molecule has 32 heavy (non-hydrogen) atoms. The van der Waals surface area contributed by atoms with E-state index in [9.17, 15) is 14.3 Å². The van der Waals surface area contributed by atoms with E-state index in [0.29, 0.717) is 23.0 Å². The molecular weight excluding hydrogens is 409 g/mol. The molecule has 1 aliphatic carbocycles. The Bertz CT molecular complexity index is 1070. The molecule has 2 aliphatic rings. The predicted octanol–water partition coefficient (Wildman–Crippen LogP) is 4.71. The van der Waals surface area contributed by atoms with Crippen LogP contribution in [0.25, 0.3) is 6.08 Å². The lowest BCUT2D eigenvalue weighted by molar-refractivity contribution is -0.122. The maximum absolute atomic E-state index is 13.6. The van der Waals surface area contributed by atoms with Crippen molar-refractivity contribution < 1.29 is 23.8 Å². The fraction of sp³-hybridized carbons (Fsp3) is 0.269. The number of nitrogens with zero attached hydrogens (tertiary/aromatic N) is 1. The highest BCUT2D eigenvalue weighted by Crippen LogP contribution is 2.33. The Labute approximate surface area is 187 Å². The van der Waals surface area contributed by atoms with Gasteiger partial charge in [-0.25, -0.2) is 13.7 Å². The van der Waals surface area contributed by atoms with Gasteiger partial charge in [-0.05, 0) is 48.6 Å². The molecule has 0 radical (unpaired) electrons. The Balaban J connectivity index is 1.37. The third-order valence-corrected chi connectivity index (χ3v) is 5.91. The molecule has 6 heteroatoms. The van der Waals surface area contributed by atoms with Crippen molar-refractivity contribution in [2.45, 2.75) is 25.6 Å². The number of quaternary nitrogens is 1. The molecule has 0 spiro atoms. The topological polar surface area (TPSA) is 55.8 Å². The van der Waals surface area contributed by atoms with Crippen LogP contribution in [0.3, 0.4) is 0 Å². The molecule has 1 heterocycles. The van der Waals surface area contributed by atoms with Crippen molar-refractivity contribution in [2.24, 2.45) is 5.92 Å². The van der Waals surface area contributed by atoms with Crippen LogP contribution in [0, 0.1) is 11.7 Å². The summed E-state index contributed by atoms with van der Waals surface area (Å²) < 4.78 is 25.0. The smallest absolute Gasteiger partial charge is 0.351 e. The van der Waals surface area contributed by atoms with Gasteiger partial charge < -0.3 is 14.6 Å². The first-order valence-electron chi connectivity index (χ1n) is 10.7. The van der Waals surface area contributed by atoms with Gasteiger partial charge in [-0.2, -0.15) is 0 Å². The summed E-state index contributed by atoms with van der Waals surface area (Å²) in [5, 5.41) is 9.94. The van der Waals surface area contributed by atoms with Gasteiger partial charge in [0.15, 0.2) is 0 Å². The zero-order valence-corrected chi connectivity index (χ0v) is 18.0. The molecule has 2 aromatic carbocycles. The molecule has 0 bridgehead atoms. The van der Waals surface area contributed by atoms with Crippen molar-refractivity contribution >= 4 is 17.7 Å². The van der Waals surface area contributed by atoms with Gasteiger partial charge in [0.2, 0.25) is 0 Å². The lowest BCUT2D eigenvalue weighted by Crippen LogP contribution is -2.45. The minimum atomic E-state index is -0.423. The highest BCUT2D eigenvalue weighted by Gasteiger charge is 2.34. The van der Waals surface area contributed by atoms with Crippen LogP contribution in [0.4, 0.5) is 10.1 Å². The fourth-order valence-electron chi connectivity index (χ4n) is 3.56. The van der Waals surface area contributed by atoms with E-state index in [-0.39, 0.29) is 29.4 Å². The summed E-state index contributed by atoms with van der Waals surface area (Å²) in [7, 11) is 1.80. The summed E-state index contributed by atoms with van der Waals surface area (Å²) in [5.41, 5.74) is 1.98. The van der Waals surface area contributed by atoms with Gasteiger partial charge in [0.05, 0.1) is 19.2 Å². The largest absolute Gasteiger partial charge is 0.491 e. The van der Waals surface area contributed by atoms with Gasteiger partial charge in [0.25, 0.3) is 0 Å². The molecule has 5 nitrogen and oxygen atoms in total. The average Bonchev–Trinajstić information content (AvgIpc) is 3.65. The number of hydrogen-bond donors (Lipinski definition) is 1. The Kier molecular flexibility index (Phi) is 6.26. The monoisotopic (exact) mass is 436 g/mol. The van der Waals surface area contributed by atoms with E-state index in [1.165, 1.54) is 18.2 Å². The number of allylic oxidation sites excluding steroid dienone is 1. The molecule has 1 fully saturated rings. The number of aliphatic hydroxyl groups is 1. The van der Waals surface area contributed by atoms with Crippen LogP contribution in [0.5, 0.6) is 5.75 Å². The van der Waals surface area contributed by atoms with Crippen molar-refractivity contribution in [3.63, 3.8) is 0 Å². The highest BCUT2D eigenvalue weighted by atomic mass is 19.1. The number of benzene rings is 2. The lowest BCUT2D eigenvalue weighted by atomic mass is 10.1. The lowest BCUT2D eigenvalue weighted by Gasteiger charge is -2.28. The van der Waals surface area contributed by atoms with Crippen molar-refractivity contribution in [3.05, 3.63) is 90.1 Å². The Morgan fingerprint density at radius 1 is 1.22 bits per heavy atom. The third kappa shape index (κ3) is 4.82. The molecule has 1 aliphatic heterocycles. The fourth-order valence-corrected chi connectivity index (χ4v) is 3.56. The zero-order chi connectivity index (χ0) is 22.7. The van der Waals surface area contributed by atoms with Crippen LogP contribution < -0.4 is 9.22 Å². The average molecular weight is 437 g/mol. The second kappa shape index (κ2) is 9.10. The van der Waals surface area contributed by atoms with Gasteiger partial charge in [-0.15, -0.1) is 0 Å². The van der Waals surface area contributed by atoms with Crippen LogP contribution >= 0.6 is 0 Å². The number of hydrogen-bond acceptors (Lipinski definition) is 4. The third-order valence-electron chi connectivity index (χ3n) is 5.91. The van der Waals surface area contributed by atoms with E-state index in [4.69, 9.17) is 9.47 Å². The predicted molar refractivity (Wildman–Crippen MR) is 122 cm³/mol. The maximum Gasteiger partial charge on any atom is 0.351 e. The summed E-state index contributed by atoms with van der Waals surface area (Å²) in [6, 6.07) is 12.0. The van der Waals surface area contributed by atoms with Gasteiger partial charge in [-0.1, -0.05) is 18.7 Å². The van der Waals surface area contributed by atoms with Crippen molar-refractivity contribution in [2.75, 3.05) is 13.7 Å². The normalized spacial score (nSPS) is 21.1. The second-order valence-corrected chi connectivity index (χ2v) is 8.33. The number of ether oxygens (including phenoxy) is 2. The van der Waals surface area contributed by atoms with Crippen LogP contribution in [0.15, 0.2) is 73.2 Å². The van der Waals surface area contributed by atoms with Crippen LogP contribution in [-0.4, -0.2) is 30.8 Å². The van der Waals surface area contributed by atoms with Gasteiger partial charge >= 0.3 is 5.91 Å². The van der Waals surface area contributed by atoms with Crippen LogP contribution in [0.2, 0.25) is 0 Å². The minimum Gasteiger partial charge on any atom is -0.491 e. The molecule has 166 valence electrons. The number of halogens is 1. The van der Waals surface area contributed by atoms with Crippen LogP contribution in [-0.2, 0) is 16.1 Å². The SMILES string of the molecule is C=Cc1cc(COC2=CC(=O)[N+](C)(c3ccc(OCC(O)C4CC4)cc3)C=C2)ccc1F. The van der Waals surface area contributed by atoms with E-state index in [2.05, 4.69) is 6.58 Å². The summed E-state index contributed by atoms with van der Waals surface area (Å²) in [4.78, 5) is 12.9. The number of likely N-dealkylation sites (N-methyl/N-ethyl adjacent to an activating group) is 1. The first-order chi connectivity index (χ1) is 15.4. The van der Waals surface area contributed by atoms with E-state index in [1.807, 2.05) is 12.1 Å². The van der Waals surface area contributed by atoms with E-state index < -0.39 is 6.10 Å². The quantitative estimate of drug-likeness (QED) is 0.579. The van der Waals surface area contributed by atoms with Gasteiger partial charge in [0.1, 0.15) is 42.4 Å². The molecule has 2 unspecified atom stereocenters. The molecule has 1 amide bonds. The first kappa shape index (κ1) is 22.0. The van der Waals surface area contributed by atoms with Gasteiger partial charge in [-0.3, -0.25) is 0 Å². The van der Waals surface area contributed by atoms with Crippen LogP contribution in [0.1, 0.15) is 24.0 Å². The van der Waals surface area contributed by atoms with E-state index >= 15 is 0 Å². The molecule has 0 aromatic heterocycles. The molecule has 2 atom stereocenters. The van der Waals surface area contributed by atoms with E-state index in [1.54, 1.807) is 43.6 Å². The second-order valence-electron chi connectivity index (χ2n) is 8.33. The van der Waals surface area contributed by atoms with Gasteiger partial charge in [0, 0.05) is 23.8 Å². The highest BCUT2D eigenvalue weighted by molar-refractivity contribution is 5.99. The Morgan fingerprint density at radius 2 is 1.97 bits per heavy atom. The molecular formula is C26H27FNO4+. The molecule has 1 saturated carbocycles. The van der Waals surface area contributed by atoms with Crippen molar-refractivity contribution in [1.82, 2.24) is 4.48 Å². The first-order valence-corrected chi connectivity index (χ1v) is 10.7. The maximum atomic E-state index is 13.6. The number of carbonyl (C=O) groups is 1. The summed E-state index contributed by atoms with van der Waals surface area (Å²) in [6.45, 7) is 4.09. The Morgan fingerprint density at radius 3 is 2.62 bits per heavy atom. The Hall–Kier alpha value is -3.22. The van der Waals surface area contributed by atoms with Crippen molar-refractivity contribution in [3.8, 4) is 5.75 Å². The number of amides is 1. The standard InChI is InChI=1S/C26H27FNO4/c1-3-19-14-18(4-11-24(19)27)16-31-23-12-13-28(2,26(30)15-23)21-7-9-22(10-8-21)32-17-25(29)20-5-6-20/h3-4,7-15,20,25,29H,1,5-6,16-17H2,2H3/q+1. The summed E-state index contributed by atoms with van der Waals surface area (Å²) in [5.74, 6) is 0.992. The molecule has 4 rings (SSSR count). The molecule has 1 N–H and O–H groups in total. The minimum absolute atomic E-state index is 0.0327. The number of aliphatic hydroxyl groups excluding tert-OH is 1. The molecule has 0 saturated heterocycles.